The van der Waals surface area contributed by atoms with E-state index in [-0.39, 0.29) is 11.6 Å². The van der Waals surface area contributed by atoms with Gasteiger partial charge in [-0.15, -0.1) is 0 Å². The molecule has 0 saturated heterocycles. The highest BCUT2D eigenvalue weighted by Gasteiger charge is 2.13. The number of nitro groups is 1. The van der Waals surface area contributed by atoms with E-state index in [1.54, 1.807) is 34.9 Å². The predicted octanol–water partition coefficient (Wildman–Crippen LogP) is 2.62. The van der Waals surface area contributed by atoms with E-state index in [1.165, 1.54) is 12.1 Å². The van der Waals surface area contributed by atoms with Crippen LogP contribution in [0.25, 0.3) is 16.9 Å². The lowest BCUT2D eigenvalue weighted by Gasteiger charge is -1.98. The molecule has 0 atom stereocenters. The number of nitrogens with zero attached hydrogens (tertiary/aromatic N) is 3. The Balaban J connectivity index is 2.13. The van der Waals surface area contributed by atoms with E-state index in [1.807, 2.05) is 6.07 Å². The van der Waals surface area contributed by atoms with Crippen molar-refractivity contribution in [3.05, 3.63) is 58.8 Å². The fourth-order valence-electron chi connectivity index (χ4n) is 1.92. The second-order valence-electron chi connectivity index (χ2n) is 4.02. The number of aromatic hydroxyl groups is 1. The Morgan fingerprint density at radius 2 is 1.89 bits per heavy atom. The minimum atomic E-state index is -0.465. The summed E-state index contributed by atoms with van der Waals surface area (Å²) >= 11 is 0. The highest BCUT2D eigenvalue weighted by molar-refractivity contribution is 5.69. The van der Waals surface area contributed by atoms with E-state index in [2.05, 4.69) is 4.98 Å². The number of rotatable bonds is 2. The van der Waals surface area contributed by atoms with Gasteiger partial charge in [0.05, 0.1) is 4.92 Å². The molecule has 0 spiro atoms. The molecule has 1 aromatic carbocycles. The normalized spacial score (nSPS) is 10.7. The number of imidazole rings is 1. The maximum absolute atomic E-state index is 10.6. The molecular formula is C13H9N3O3. The molecule has 0 unspecified atom stereocenters. The standard InChI is InChI=1S/C13H9N3O3/c17-13-12(14-11-3-1-2-8-15(11)13)9-4-6-10(7-5-9)16(18)19/h1-8,17H. The van der Waals surface area contributed by atoms with Crippen molar-refractivity contribution in [2.24, 2.45) is 0 Å². The van der Waals surface area contributed by atoms with E-state index >= 15 is 0 Å². The molecule has 2 aromatic heterocycles. The molecule has 0 aliphatic carbocycles. The van der Waals surface area contributed by atoms with Crippen LogP contribution in [-0.4, -0.2) is 19.4 Å². The first kappa shape index (κ1) is 11.2. The monoisotopic (exact) mass is 255 g/mol. The molecule has 0 aliphatic rings. The lowest BCUT2D eigenvalue weighted by molar-refractivity contribution is -0.384. The molecule has 19 heavy (non-hydrogen) atoms. The van der Waals surface area contributed by atoms with Crippen LogP contribution in [0, 0.1) is 10.1 Å². The summed E-state index contributed by atoms with van der Waals surface area (Å²) in [6, 6.07) is 11.3. The third-order valence-electron chi connectivity index (χ3n) is 2.86. The summed E-state index contributed by atoms with van der Waals surface area (Å²) in [5.74, 6) is 0.0180. The van der Waals surface area contributed by atoms with E-state index in [0.29, 0.717) is 16.9 Å². The quantitative estimate of drug-likeness (QED) is 0.563. The number of hydrogen-bond donors (Lipinski definition) is 1. The van der Waals surface area contributed by atoms with Gasteiger partial charge in [-0.1, -0.05) is 6.07 Å². The number of aromatic nitrogens is 2. The molecule has 0 saturated carbocycles. The molecule has 6 nitrogen and oxygen atoms in total. The average Bonchev–Trinajstić information content (AvgIpc) is 2.77. The zero-order valence-corrected chi connectivity index (χ0v) is 9.72. The van der Waals surface area contributed by atoms with Crippen LogP contribution in [0.15, 0.2) is 48.7 Å². The second-order valence-corrected chi connectivity index (χ2v) is 4.02. The van der Waals surface area contributed by atoms with Crippen LogP contribution in [-0.2, 0) is 0 Å². The van der Waals surface area contributed by atoms with Gasteiger partial charge in [0.25, 0.3) is 5.69 Å². The highest BCUT2D eigenvalue weighted by Crippen LogP contribution is 2.30. The fourth-order valence-corrected chi connectivity index (χ4v) is 1.92. The van der Waals surface area contributed by atoms with Gasteiger partial charge < -0.3 is 5.11 Å². The SMILES string of the molecule is O=[N+]([O-])c1ccc(-c2nc3ccccn3c2O)cc1. The molecule has 2 heterocycles. The van der Waals surface area contributed by atoms with Gasteiger partial charge in [-0.2, -0.15) is 0 Å². The summed E-state index contributed by atoms with van der Waals surface area (Å²) in [6.45, 7) is 0. The van der Waals surface area contributed by atoms with Crippen LogP contribution >= 0.6 is 0 Å². The second kappa shape index (κ2) is 4.09. The van der Waals surface area contributed by atoms with Crippen molar-refractivity contribution in [3.63, 3.8) is 0 Å². The third kappa shape index (κ3) is 1.79. The Hall–Kier alpha value is -2.89. The summed E-state index contributed by atoms with van der Waals surface area (Å²) in [5, 5.41) is 20.7. The van der Waals surface area contributed by atoms with Crippen LogP contribution in [0.4, 0.5) is 5.69 Å². The van der Waals surface area contributed by atoms with Gasteiger partial charge in [0.1, 0.15) is 11.3 Å². The predicted molar refractivity (Wildman–Crippen MR) is 68.9 cm³/mol. The number of non-ortho nitro benzene ring substituents is 1. The van der Waals surface area contributed by atoms with Crippen LogP contribution < -0.4 is 0 Å². The van der Waals surface area contributed by atoms with Gasteiger partial charge in [0.2, 0.25) is 5.88 Å². The Labute approximate surface area is 107 Å². The Morgan fingerprint density at radius 3 is 2.53 bits per heavy atom. The van der Waals surface area contributed by atoms with Crippen molar-refractivity contribution in [2.45, 2.75) is 0 Å². The van der Waals surface area contributed by atoms with Gasteiger partial charge in [0, 0.05) is 23.9 Å². The maximum atomic E-state index is 10.6. The number of nitro benzene ring substituents is 1. The molecule has 3 rings (SSSR count). The molecular weight excluding hydrogens is 246 g/mol. The summed E-state index contributed by atoms with van der Waals surface area (Å²) in [5.41, 5.74) is 1.66. The lowest BCUT2D eigenvalue weighted by atomic mass is 10.1. The summed E-state index contributed by atoms with van der Waals surface area (Å²) in [6.07, 6.45) is 1.70. The van der Waals surface area contributed by atoms with Gasteiger partial charge in [0.15, 0.2) is 0 Å². The first-order valence-electron chi connectivity index (χ1n) is 5.58. The largest absolute Gasteiger partial charge is 0.493 e. The lowest BCUT2D eigenvalue weighted by Crippen LogP contribution is -1.87. The maximum Gasteiger partial charge on any atom is 0.269 e. The van der Waals surface area contributed by atoms with E-state index in [0.717, 1.165) is 0 Å². The van der Waals surface area contributed by atoms with Crippen molar-refractivity contribution < 1.29 is 10.0 Å². The Kier molecular flexibility index (Phi) is 2.42. The van der Waals surface area contributed by atoms with Gasteiger partial charge in [-0.25, -0.2) is 4.98 Å². The van der Waals surface area contributed by atoms with Crippen LogP contribution in [0.3, 0.4) is 0 Å². The number of benzene rings is 1. The average molecular weight is 255 g/mol. The van der Waals surface area contributed by atoms with E-state index in [9.17, 15) is 15.2 Å². The van der Waals surface area contributed by atoms with Gasteiger partial charge in [-0.3, -0.25) is 14.5 Å². The van der Waals surface area contributed by atoms with Crippen molar-refractivity contribution in [1.29, 1.82) is 0 Å². The zero-order chi connectivity index (χ0) is 13.4. The van der Waals surface area contributed by atoms with Crippen LogP contribution in [0.5, 0.6) is 5.88 Å². The number of fused-ring (bicyclic) bond motifs is 1. The smallest absolute Gasteiger partial charge is 0.269 e. The van der Waals surface area contributed by atoms with Crippen molar-refractivity contribution >= 4 is 11.3 Å². The first-order chi connectivity index (χ1) is 9.16. The van der Waals surface area contributed by atoms with E-state index < -0.39 is 4.92 Å². The molecule has 0 aliphatic heterocycles. The molecule has 0 bridgehead atoms. The Bertz CT molecular complexity index is 762. The molecule has 1 N–H and O–H groups in total. The molecule has 94 valence electrons. The minimum Gasteiger partial charge on any atom is -0.493 e. The third-order valence-corrected chi connectivity index (χ3v) is 2.86. The zero-order valence-electron chi connectivity index (χ0n) is 9.72. The summed E-state index contributed by atoms with van der Waals surface area (Å²) in [4.78, 5) is 14.4. The van der Waals surface area contributed by atoms with Crippen molar-refractivity contribution in [3.8, 4) is 17.1 Å². The van der Waals surface area contributed by atoms with Crippen LogP contribution in [0.2, 0.25) is 0 Å². The minimum absolute atomic E-state index is 0.00649. The van der Waals surface area contributed by atoms with Gasteiger partial charge >= 0.3 is 0 Å². The number of hydrogen-bond acceptors (Lipinski definition) is 4. The molecule has 6 heteroatoms. The number of pyridine rings is 1. The molecule has 0 radical (unpaired) electrons. The van der Waals surface area contributed by atoms with Crippen molar-refractivity contribution in [2.75, 3.05) is 0 Å². The van der Waals surface area contributed by atoms with Crippen molar-refractivity contribution in [1.82, 2.24) is 9.38 Å². The molecule has 0 fully saturated rings. The van der Waals surface area contributed by atoms with E-state index in [4.69, 9.17) is 0 Å². The molecule has 0 amide bonds. The Morgan fingerprint density at radius 1 is 1.16 bits per heavy atom. The first-order valence-corrected chi connectivity index (χ1v) is 5.58. The van der Waals surface area contributed by atoms with Gasteiger partial charge in [-0.05, 0) is 24.3 Å². The molecule has 3 aromatic rings. The summed E-state index contributed by atoms with van der Waals surface area (Å²) in [7, 11) is 0. The fraction of sp³-hybridized carbons (Fsp3) is 0. The topological polar surface area (TPSA) is 80.7 Å². The van der Waals surface area contributed by atoms with Crippen LogP contribution in [0.1, 0.15) is 0 Å². The summed E-state index contributed by atoms with van der Waals surface area (Å²) < 4.78 is 1.55. The highest BCUT2D eigenvalue weighted by atomic mass is 16.6.